The fourth-order valence-electron chi connectivity index (χ4n) is 5.55. The van der Waals surface area contributed by atoms with Crippen LogP contribution < -0.4 is 10.9 Å². The SMILES string of the molecule is CCC(OC(=O)CNC(=O)[C@@H]1CCCN1C(=O)OC(C)(C)C)c1cc2n(c(=O)c1C)Cc1cc3ccccc3nc1-2. The minimum atomic E-state index is -0.706. The van der Waals surface area contributed by atoms with Crippen molar-refractivity contribution in [3.8, 4) is 11.4 Å². The van der Waals surface area contributed by atoms with Crippen LogP contribution in [-0.2, 0) is 25.6 Å². The van der Waals surface area contributed by atoms with Crippen LogP contribution in [-0.4, -0.2) is 57.2 Å². The summed E-state index contributed by atoms with van der Waals surface area (Å²) >= 11 is 0. The van der Waals surface area contributed by atoms with Crippen molar-refractivity contribution in [2.75, 3.05) is 13.1 Å². The van der Waals surface area contributed by atoms with E-state index in [1.54, 1.807) is 32.3 Å². The maximum Gasteiger partial charge on any atom is 0.410 e. The fraction of sp³-hybridized carbons (Fsp3) is 0.452. The number of esters is 1. The van der Waals surface area contributed by atoms with Gasteiger partial charge in [0, 0.05) is 28.6 Å². The van der Waals surface area contributed by atoms with E-state index in [-0.39, 0.29) is 12.1 Å². The molecule has 1 saturated heterocycles. The lowest BCUT2D eigenvalue weighted by Crippen LogP contribution is -2.48. The second-order valence-corrected chi connectivity index (χ2v) is 11.6. The standard InChI is InChI=1S/C31H36N4O6/c1-6-25(40-26(36)16-32-28(37)23-12-9-13-34(23)30(39)41-31(3,4)5)21-15-24-27-20(17-35(24)29(38)18(21)2)14-19-10-7-8-11-22(19)33-27/h7-8,10-11,14-15,23,25H,6,9,12-13,16-17H2,1-5H3,(H,32,37)/t23-,25?/m0/s1. The van der Waals surface area contributed by atoms with Gasteiger partial charge in [0.2, 0.25) is 5.91 Å². The zero-order chi connectivity index (χ0) is 29.5. The third-order valence-corrected chi connectivity index (χ3v) is 7.54. The van der Waals surface area contributed by atoms with Gasteiger partial charge in [0.25, 0.3) is 5.56 Å². The van der Waals surface area contributed by atoms with Crippen molar-refractivity contribution >= 4 is 28.9 Å². The fourth-order valence-corrected chi connectivity index (χ4v) is 5.55. The van der Waals surface area contributed by atoms with Crippen molar-refractivity contribution < 1.29 is 23.9 Å². The monoisotopic (exact) mass is 560 g/mol. The van der Waals surface area contributed by atoms with Crippen LogP contribution in [0.3, 0.4) is 0 Å². The van der Waals surface area contributed by atoms with Gasteiger partial charge in [-0.15, -0.1) is 0 Å². The van der Waals surface area contributed by atoms with Gasteiger partial charge in [0.1, 0.15) is 24.3 Å². The Kier molecular flexibility index (Phi) is 7.59. The maximum atomic E-state index is 13.4. The maximum absolute atomic E-state index is 13.4. The van der Waals surface area contributed by atoms with Gasteiger partial charge in [-0.3, -0.25) is 19.3 Å². The lowest BCUT2D eigenvalue weighted by atomic mass is 10.0. The van der Waals surface area contributed by atoms with E-state index in [9.17, 15) is 19.2 Å². The van der Waals surface area contributed by atoms with Gasteiger partial charge < -0.3 is 19.4 Å². The van der Waals surface area contributed by atoms with Gasteiger partial charge in [-0.2, -0.15) is 0 Å². The number of benzene rings is 1. The molecule has 2 aromatic heterocycles. The molecule has 0 aliphatic carbocycles. The average Bonchev–Trinajstić information content (AvgIpc) is 3.56. The molecule has 2 aliphatic heterocycles. The quantitative estimate of drug-likeness (QED) is 0.350. The summed E-state index contributed by atoms with van der Waals surface area (Å²) < 4.78 is 12.9. The van der Waals surface area contributed by atoms with Crippen LogP contribution in [0, 0.1) is 6.92 Å². The topological polar surface area (TPSA) is 120 Å². The van der Waals surface area contributed by atoms with Crippen LogP contribution in [0.4, 0.5) is 4.79 Å². The summed E-state index contributed by atoms with van der Waals surface area (Å²) in [5.41, 5.74) is 3.57. The van der Waals surface area contributed by atoms with E-state index in [0.29, 0.717) is 49.2 Å². The smallest absolute Gasteiger partial charge is 0.410 e. The van der Waals surface area contributed by atoms with Crippen LogP contribution in [0.2, 0.25) is 0 Å². The largest absolute Gasteiger partial charge is 0.456 e. The zero-order valence-electron chi connectivity index (χ0n) is 24.2. The Morgan fingerprint density at radius 2 is 1.93 bits per heavy atom. The molecule has 10 heteroatoms. The number of rotatable bonds is 6. The van der Waals surface area contributed by atoms with Gasteiger partial charge in [-0.1, -0.05) is 25.1 Å². The Labute approximate surface area is 238 Å². The highest BCUT2D eigenvalue weighted by Crippen LogP contribution is 2.34. The Morgan fingerprint density at radius 1 is 1.17 bits per heavy atom. The van der Waals surface area contributed by atoms with E-state index in [1.165, 1.54) is 4.90 Å². The second kappa shape index (κ2) is 11.0. The number of carbonyl (C=O) groups is 3. The first kappa shape index (κ1) is 28.3. The lowest BCUT2D eigenvalue weighted by Gasteiger charge is -2.28. The number of amides is 2. The van der Waals surface area contributed by atoms with Gasteiger partial charge in [0.15, 0.2) is 0 Å². The third-order valence-electron chi connectivity index (χ3n) is 7.54. The Hall–Kier alpha value is -4.21. The first-order chi connectivity index (χ1) is 19.5. The number of pyridine rings is 2. The number of fused-ring (bicyclic) bond motifs is 4. The number of nitrogens with one attached hydrogen (secondary N) is 1. The normalized spacial score (nSPS) is 16.7. The summed E-state index contributed by atoms with van der Waals surface area (Å²) in [4.78, 5) is 57.9. The number of hydrogen-bond acceptors (Lipinski definition) is 7. The zero-order valence-corrected chi connectivity index (χ0v) is 24.2. The van der Waals surface area contributed by atoms with Gasteiger partial charge >= 0.3 is 12.1 Å². The van der Waals surface area contributed by atoms with Crippen LogP contribution in [0.15, 0.2) is 41.2 Å². The molecule has 2 atom stereocenters. The summed E-state index contributed by atoms with van der Waals surface area (Å²) in [6.07, 6.45) is 0.371. The highest BCUT2D eigenvalue weighted by Gasteiger charge is 2.37. The molecule has 2 amide bonds. The van der Waals surface area contributed by atoms with Crippen molar-refractivity contribution in [2.45, 2.75) is 78.2 Å². The van der Waals surface area contributed by atoms with Gasteiger partial charge in [-0.25, -0.2) is 9.78 Å². The van der Waals surface area contributed by atoms with Crippen molar-refractivity contribution in [1.29, 1.82) is 0 Å². The molecule has 1 fully saturated rings. The molecule has 0 spiro atoms. The average molecular weight is 561 g/mol. The summed E-state index contributed by atoms with van der Waals surface area (Å²) in [5.74, 6) is -1.06. The minimum absolute atomic E-state index is 0.147. The molecule has 0 saturated carbocycles. The summed E-state index contributed by atoms with van der Waals surface area (Å²) in [6, 6.07) is 11.1. The second-order valence-electron chi connectivity index (χ2n) is 11.6. The van der Waals surface area contributed by atoms with Crippen molar-refractivity contribution in [1.82, 2.24) is 19.8 Å². The number of aromatic nitrogens is 2. The van der Waals surface area contributed by atoms with Crippen LogP contribution >= 0.6 is 0 Å². The highest BCUT2D eigenvalue weighted by molar-refractivity contribution is 5.89. The molecule has 0 radical (unpaired) electrons. The van der Waals surface area contributed by atoms with Crippen molar-refractivity contribution in [3.05, 3.63) is 63.4 Å². The van der Waals surface area contributed by atoms with Crippen LogP contribution in [0.5, 0.6) is 0 Å². The number of carbonyl (C=O) groups excluding carboxylic acids is 3. The summed E-state index contributed by atoms with van der Waals surface area (Å²) in [5, 5.41) is 3.62. The molecule has 2 aliphatic rings. The van der Waals surface area contributed by atoms with E-state index in [0.717, 1.165) is 22.2 Å². The predicted octanol–water partition coefficient (Wildman–Crippen LogP) is 4.24. The molecule has 216 valence electrons. The van der Waals surface area contributed by atoms with Crippen molar-refractivity contribution in [2.24, 2.45) is 0 Å². The molecule has 3 aromatic rings. The predicted molar refractivity (Wildman–Crippen MR) is 153 cm³/mol. The number of nitrogens with zero attached hydrogens (tertiary/aromatic N) is 3. The number of ether oxygens (including phenoxy) is 2. The molecule has 10 nitrogen and oxygen atoms in total. The highest BCUT2D eigenvalue weighted by atomic mass is 16.6. The third kappa shape index (κ3) is 5.68. The van der Waals surface area contributed by atoms with E-state index < -0.39 is 35.7 Å². The molecule has 1 aromatic carbocycles. The van der Waals surface area contributed by atoms with Crippen LogP contribution in [0.1, 0.15) is 69.8 Å². The molecule has 1 unspecified atom stereocenters. The number of para-hydroxylation sites is 1. The summed E-state index contributed by atoms with van der Waals surface area (Å²) in [7, 11) is 0. The molecule has 4 heterocycles. The molecular formula is C31H36N4O6. The van der Waals surface area contributed by atoms with E-state index in [1.807, 2.05) is 37.3 Å². The van der Waals surface area contributed by atoms with Crippen molar-refractivity contribution in [3.63, 3.8) is 0 Å². The molecule has 41 heavy (non-hydrogen) atoms. The molecule has 1 N–H and O–H groups in total. The first-order valence-electron chi connectivity index (χ1n) is 14.1. The molecular weight excluding hydrogens is 524 g/mol. The Morgan fingerprint density at radius 3 is 2.66 bits per heavy atom. The lowest BCUT2D eigenvalue weighted by molar-refractivity contribution is -0.149. The number of likely N-dealkylation sites (tertiary alicyclic amines) is 1. The van der Waals surface area contributed by atoms with E-state index in [4.69, 9.17) is 14.5 Å². The van der Waals surface area contributed by atoms with Gasteiger partial charge in [-0.05, 0) is 65.2 Å². The Balaban J connectivity index is 1.29. The van der Waals surface area contributed by atoms with Gasteiger partial charge in [0.05, 0.1) is 23.4 Å². The van der Waals surface area contributed by atoms with E-state index >= 15 is 0 Å². The summed E-state index contributed by atoms with van der Waals surface area (Å²) in [6.45, 7) is 9.41. The first-order valence-corrected chi connectivity index (χ1v) is 14.1. The molecule has 5 rings (SSSR count). The van der Waals surface area contributed by atoms with E-state index in [2.05, 4.69) is 11.4 Å². The minimum Gasteiger partial charge on any atom is -0.456 e. The Bertz CT molecular complexity index is 1590. The molecule has 0 bridgehead atoms. The van der Waals surface area contributed by atoms with Crippen LogP contribution in [0.25, 0.3) is 22.3 Å². The number of hydrogen-bond donors (Lipinski definition) is 1.